The fourth-order valence-corrected chi connectivity index (χ4v) is 3.14. The minimum absolute atomic E-state index is 0.128. The lowest BCUT2D eigenvalue weighted by molar-refractivity contribution is -0.128. The summed E-state index contributed by atoms with van der Waals surface area (Å²) in [6, 6.07) is 23.9. The van der Waals surface area contributed by atoms with Crippen LogP contribution in [0.15, 0.2) is 101 Å². The molecule has 0 aromatic heterocycles. The monoisotopic (exact) mass is 406 g/mol. The first-order chi connectivity index (χ1) is 14.0. The first-order valence-corrected chi connectivity index (χ1v) is 10.2. The number of rotatable bonds is 7. The van der Waals surface area contributed by atoms with Crippen LogP contribution in [0.25, 0.3) is 6.08 Å². The number of benzene rings is 3. The molecule has 0 bridgehead atoms. The number of carbonyl (C=O) groups is 1. The van der Waals surface area contributed by atoms with E-state index in [1.54, 1.807) is 48.5 Å². The Morgan fingerprint density at radius 1 is 0.828 bits per heavy atom. The molecule has 29 heavy (non-hydrogen) atoms. The highest BCUT2D eigenvalue weighted by molar-refractivity contribution is 7.89. The van der Waals surface area contributed by atoms with E-state index >= 15 is 0 Å². The third kappa shape index (κ3) is 6.15. The van der Waals surface area contributed by atoms with Crippen molar-refractivity contribution in [2.75, 3.05) is 0 Å². The molecule has 0 radical (unpaired) electrons. The summed E-state index contributed by atoms with van der Waals surface area (Å²) in [4.78, 5) is 14.2. The summed E-state index contributed by atoms with van der Waals surface area (Å²) >= 11 is 0. The molecule has 0 spiro atoms. The van der Waals surface area contributed by atoms with E-state index in [0.29, 0.717) is 11.3 Å². The van der Waals surface area contributed by atoms with Crippen LogP contribution in [-0.4, -0.2) is 20.6 Å². The van der Waals surface area contributed by atoms with Gasteiger partial charge in [-0.2, -0.15) is 13.5 Å². The van der Waals surface area contributed by atoms with Gasteiger partial charge in [0.15, 0.2) is 0 Å². The van der Waals surface area contributed by atoms with E-state index in [1.165, 1.54) is 24.4 Å². The highest BCUT2D eigenvalue weighted by Crippen LogP contribution is 2.12. The summed E-state index contributed by atoms with van der Waals surface area (Å²) in [6.07, 6.45) is 4.38. The number of nitrogens with zero attached hydrogens (tertiary/aromatic N) is 1. The maximum atomic E-state index is 12.1. The summed E-state index contributed by atoms with van der Waals surface area (Å²) in [5.41, 5.74) is 1.54. The molecule has 0 aliphatic heterocycles. The molecule has 0 heterocycles. The molecular weight excluding hydrogens is 388 g/mol. The van der Waals surface area contributed by atoms with Crippen molar-refractivity contribution in [3.8, 4) is 5.75 Å². The minimum atomic E-state index is -3.71. The van der Waals surface area contributed by atoms with Gasteiger partial charge in [-0.05, 0) is 53.6 Å². The second kappa shape index (κ2) is 9.48. The van der Waals surface area contributed by atoms with E-state index in [1.807, 2.05) is 30.3 Å². The number of hydrogen-bond acceptors (Lipinski definition) is 5. The number of ether oxygens (including phenoxy) is 1. The van der Waals surface area contributed by atoms with Crippen molar-refractivity contribution in [3.63, 3.8) is 0 Å². The lowest BCUT2D eigenvalue weighted by Crippen LogP contribution is -2.18. The van der Waals surface area contributed by atoms with E-state index in [0.717, 1.165) is 5.56 Å². The SMILES string of the molecule is O=C(/C=C/c1ccccc1)Oc1ccc(/C=N/NS(=O)(=O)c2ccccc2)cc1. The first kappa shape index (κ1) is 20.0. The van der Waals surface area contributed by atoms with Gasteiger partial charge in [0.05, 0.1) is 11.1 Å². The zero-order valence-electron chi connectivity index (χ0n) is 15.3. The zero-order chi connectivity index (χ0) is 20.5. The van der Waals surface area contributed by atoms with Crippen molar-refractivity contribution < 1.29 is 17.9 Å². The molecular formula is C22H18N2O4S. The van der Waals surface area contributed by atoms with Crippen molar-refractivity contribution in [1.29, 1.82) is 0 Å². The number of sulfonamides is 1. The molecule has 0 amide bonds. The predicted molar refractivity (Wildman–Crippen MR) is 112 cm³/mol. The van der Waals surface area contributed by atoms with Crippen LogP contribution in [-0.2, 0) is 14.8 Å². The largest absolute Gasteiger partial charge is 0.423 e. The molecule has 7 heteroatoms. The Bertz CT molecular complexity index is 1110. The van der Waals surface area contributed by atoms with Crippen LogP contribution < -0.4 is 9.57 Å². The standard InChI is InChI=1S/C22H18N2O4S/c25-22(16-13-18-7-3-1-4-8-18)28-20-14-11-19(12-15-20)17-23-24-29(26,27)21-9-5-2-6-10-21/h1-17,24H/b16-13+,23-17+. The predicted octanol–water partition coefficient (Wildman–Crippen LogP) is 3.62. The number of carbonyl (C=O) groups excluding carboxylic acids is 1. The third-order valence-corrected chi connectivity index (χ3v) is 4.99. The summed E-state index contributed by atoms with van der Waals surface area (Å²) < 4.78 is 29.4. The highest BCUT2D eigenvalue weighted by Gasteiger charge is 2.11. The fourth-order valence-electron chi connectivity index (χ4n) is 2.32. The van der Waals surface area contributed by atoms with Crippen molar-refractivity contribution in [1.82, 2.24) is 4.83 Å². The van der Waals surface area contributed by atoms with E-state index in [4.69, 9.17) is 4.74 Å². The van der Waals surface area contributed by atoms with Gasteiger partial charge in [0.25, 0.3) is 10.0 Å². The normalized spacial score (nSPS) is 11.6. The van der Waals surface area contributed by atoms with Crippen LogP contribution in [0.1, 0.15) is 11.1 Å². The van der Waals surface area contributed by atoms with Gasteiger partial charge in [0, 0.05) is 6.08 Å². The van der Waals surface area contributed by atoms with Crippen LogP contribution in [0.5, 0.6) is 5.75 Å². The second-order valence-electron chi connectivity index (χ2n) is 5.90. The zero-order valence-corrected chi connectivity index (χ0v) is 16.1. The molecule has 0 saturated carbocycles. The van der Waals surface area contributed by atoms with Gasteiger partial charge >= 0.3 is 5.97 Å². The van der Waals surface area contributed by atoms with Crippen LogP contribution in [0.2, 0.25) is 0 Å². The Morgan fingerprint density at radius 2 is 1.45 bits per heavy atom. The Labute approximate surface area is 169 Å². The highest BCUT2D eigenvalue weighted by atomic mass is 32.2. The van der Waals surface area contributed by atoms with Gasteiger partial charge in [-0.25, -0.2) is 9.63 Å². The van der Waals surface area contributed by atoms with Crippen molar-refractivity contribution in [3.05, 3.63) is 102 Å². The number of esters is 1. The van der Waals surface area contributed by atoms with E-state index < -0.39 is 16.0 Å². The number of hydrogen-bond donors (Lipinski definition) is 1. The summed E-state index contributed by atoms with van der Waals surface area (Å²) in [5, 5.41) is 3.76. The van der Waals surface area contributed by atoms with Gasteiger partial charge in [0.1, 0.15) is 5.75 Å². The molecule has 3 rings (SSSR count). The summed E-state index contributed by atoms with van der Waals surface area (Å²) in [5.74, 6) is -0.124. The Morgan fingerprint density at radius 3 is 2.10 bits per heavy atom. The second-order valence-corrected chi connectivity index (χ2v) is 7.56. The van der Waals surface area contributed by atoms with Crippen molar-refractivity contribution >= 4 is 28.3 Å². The van der Waals surface area contributed by atoms with Crippen LogP contribution in [0.4, 0.5) is 0 Å². The molecule has 146 valence electrons. The smallest absolute Gasteiger partial charge is 0.336 e. The van der Waals surface area contributed by atoms with Gasteiger partial charge < -0.3 is 4.74 Å². The molecule has 0 aliphatic rings. The van der Waals surface area contributed by atoms with E-state index in [9.17, 15) is 13.2 Å². The third-order valence-electron chi connectivity index (χ3n) is 3.75. The van der Waals surface area contributed by atoms with Gasteiger partial charge in [-0.15, -0.1) is 0 Å². The molecule has 0 fully saturated rings. The van der Waals surface area contributed by atoms with Crippen molar-refractivity contribution in [2.45, 2.75) is 4.90 Å². The molecule has 0 aliphatic carbocycles. The minimum Gasteiger partial charge on any atom is -0.423 e. The Kier molecular flexibility index (Phi) is 6.55. The molecule has 0 unspecified atom stereocenters. The van der Waals surface area contributed by atoms with Crippen LogP contribution in [0.3, 0.4) is 0 Å². The summed E-state index contributed by atoms with van der Waals surface area (Å²) in [6.45, 7) is 0. The fraction of sp³-hybridized carbons (Fsp3) is 0. The lowest BCUT2D eigenvalue weighted by atomic mass is 10.2. The molecule has 6 nitrogen and oxygen atoms in total. The maximum Gasteiger partial charge on any atom is 0.336 e. The molecule has 3 aromatic rings. The molecule has 0 atom stereocenters. The number of hydrazone groups is 1. The summed E-state index contributed by atoms with van der Waals surface area (Å²) in [7, 11) is -3.71. The average Bonchev–Trinajstić information content (AvgIpc) is 2.75. The van der Waals surface area contributed by atoms with Gasteiger partial charge in [-0.3, -0.25) is 0 Å². The molecule has 1 N–H and O–H groups in total. The average molecular weight is 406 g/mol. The lowest BCUT2D eigenvalue weighted by Gasteiger charge is -2.03. The maximum absolute atomic E-state index is 12.1. The quantitative estimate of drug-likeness (QED) is 0.214. The topological polar surface area (TPSA) is 84.8 Å². The Balaban J connectivity index is 1.55. The van der Waals surface area contributed by atoms with Crippen LogP contribution >= 0.6 is 0 Å². The van der Waals surface area contributed by atoms with E-state index in [2.05, 4.69) is 9.93 Å². The molecule has 0 saturated heterocycles. The Hall–Kier alpha value is -3.71. The first-order valence-electron chi connectivity index (χ1n) is 8.68. The van der Waals surface area contributed by atoms with Crippen molar-refractivity contribution in [2.24, 2.45) is 5.10 Å². The van der Waals surface area contributed by atoms with Gasteiger partial charge in [0.2, 0.25) is 0 Å². The van der Waals surface area contributed by atoms with Gasteiger partial charge in [-0.1, -0.05) is 48.5 Å². The number of nitrogens with one attached hydrogen (secondary N) is 1. The van der Waals surface area contributed by atoms with Crippen LogP contribution in [0, 0.1) is 0 Å². The molecule has 3 aromatic carbocycles. The van der Waals surface area contributed by atoms with E-state index in [-0.39, 0.29) is 4.90 Å².